The maximum atomic E-state index is 12.6. The highest BCUT2D eigenvalue weighted by Gasteiger charge is 2.35. The highest BCUT2D eigenvalue weighted by molar-refractivity contribution is 5.38. The third-order valence-corrected chi connectivity index (χ3v) is 2.82. The second kappa shape index (κ2) is 3.53. The monoisotopic (exact) mass is 195 g/mol. The van der Waals surface area contributed by atoms with Crippen LogP contribution in [0.4, 0.5) is 10.2 Å². The molecular weight excluding hydrogens is 181 g/mol. The summed E-state index contributed by atoms with van der Waals surface area (Å²) in [5.74, 6) is 0.391. The number of pyridine rings is 1. The molecule has 2 rings (SSSR count). The Morgan fingerprint density at radius 3 is 2.71 bits per heavy atom. The predicted octanol–water partition coefficient (Wildman–Crippen LogP) is 1.51. The second-order valence-electron chi connectivity index (χ2n) is 3.82. The highest BCUT2D eigenvalue weighted by Crippen LogP contribution is 2.33. The number of halogens is 1. The molecule has 0 unspecified atom stereocenters. The number of anilines is 1. The van der Waals surface area contributed by atoms with Crippen LogP contribution in [-0.2, 0) is 0 Å². The van der Waals surface area contributed by atoms with Gasteiger partial charge in [0.15, 0.2) is 0 Å². The first-order valence-electron chi connectivity index (χ1n) is 4.84. The second-order valence-corrected chi connectivity index (χ2v) is 3.82. The van der Waals surface area contributed by atoms with Gasteiger partial charge in [0.1, 0.15) is 11.6 Å². The summed E-state index contributed by atoms with van der Waals surface area (Å²) >= 11 is 0. The molecule has 1 aliphatic rings. The number of aromatic nitrogens is 1. The SMILES string of the molecule is NCC1(Nc2ccc(F)cn2)CCC1. The molecule has 4 heteroatoms. The molecule has 0 saturated heterocycles. The Bertz CT molecular complexity index is 300. The van der Waals surface area contributed by atoms with E-state index in [9.17, 15) is 4.39 Å². The summed E-state index contributed by atoms with van der Waals surface area (Å²) in [5.41, 5.74) is 5.69. The molecule has 1 aromatic rings. The van der Waals surface area contributed by atoms with Crippen LogP contribution in [0.3, 0.4) is 0 Å². The van der Waals surface area contributed by atoms with Crippen molar-refractivity contribution < 1.29 is 4.39 Å². The zero-order valence-corrected chi connectivity index (χ0v) is 7.96. The van der Waals surface area contributed by atoms with E-state index < -0.39 is 0 Å². The van der Waals surface area contributed by atoms with Crippen LogP contribution in [0.25, 0.3) is 0 Å². The maximum absolute atomic E-state index is 12.6. The molecule has 1 heterocycles. The molecule has 0 aromatic carbocycles. The van der Waals surface area contributed by atoms with E-state index in [0.717, 1.165) is 12.8 Å². The summed E-state index contributed by atoms with van der Waals surface area (Å²) in [5, 5.41) is 3.27. The first kappa shape index (κ1) is 9.40. The topological polar surface area (TPSA) is 50.9 Å². The van der Waals surface area contributed by atoms with E-state index in [-0.39, 0.29) is 11.4 Å². The molecule has 0 spiro atoms. The molecule has 1 aromatic heterocycles. The zero-order valence-electron chi connectivity index (χ0n) is 7.96. The Morgan fingerprint density at radius 1 is 1.50 bits per heavy atom. The molecule has 1 saturated carbocycles. The molecule has 0 radical (unpaired) electrons. The fourth-order valence-corrected chi connectivity index (χ4v) is 1.71. The lowest BCUT2D eigenvalue weighted by Crippen LogP contribution is -2.51. The van der Waals surface area contributed by atoms with Crippen molar-refractivity contribution >= 4 is 5.82 Å². The van der Waals surface area contributed by atoms with Crippen molar-refractivity contribution in [3.8, 4) is 0 Å². The van der Waals surface area contributed by atoms with Crippen molar-refractivity contribution in [1.29, 1.82) is 0 Å². The van der Waals surface area contributed by atoms with Gasteiger partial charge in [-0.1, -0.05) is 0 Å². The van der Waals surface area contributed by atoms with Crippen molar-refractivity contribution in [3.63, 3.8) is 0 Å². The standard InChI is InChI=1S/C10H14FN3/c11-8-2-3-9(13-6-8)14-10(7-12)4-1-5-10/h2-3,6H,1,4-5,7,12H2,(H,13,14). The van der Waals surface area contributed by atoms with Gasteiger partial charge >= 0.3 is 0 Å². The summed E-state index contributed by atoms with van der Waals surface area (Å²) < 4.78 is 12.6. The van der Waals surface area contributed by atoms with E-state index in [4.69, 9.17) is 5.73 Å². The van der Waals surface area contributed by atoms with Crippen molar-refractivity contribution in [1.82, 2.24) is 4.98 Å². The summed E-state index contributed by atoms with van der Waals surface area (Å²) in [6, 6.07) is 3.04. The fourth-order valence-electron chi connectivity index (χ4n) is 1.71. The minimum absolute atomic E-state index is 0.00479. The van der Waals surface area contributed by atoms with Gasteiger partial charge in [-0.15, -0.1) is 0 Å². The lowest BCUT2D eigenvalue weighted by Gasteiger charge is -2.42. The summed E-state index contributed by atoms with van der Waals surface area (Å²) in [7, 11) is 0. The first-order chi connectivity index (χ1) is 6.74. The van der Waals surface area contributed by atoms with Gasteiger partial charge in [-0.05, 0) is 31.4 Å². The zero-order chi connectivity index (χ0) is 10.0. The molecule has 0 aliphatic heterocycles. The number of hydrogen-bond acceptors (Lipinski definition) is 3. The van der Waals surface area contributed by atoms with E-state index in [0.29, 0.717) is 12.4 Å². The summed E-state index contributed by atoms with van der Waals surface area (Å²) in [6.07, 6.45) is 4.56. The molecule has 1 aliphatic carbocycles. The van der Waals surface area contributed by atoms with Crippen molar-refractivity contribution in [2.75, 3.05) is 11.9 Å². The Balaban J connectivity index is 2.06. The third kappa shape index (κ3) is 1.70. The van der Waals surface area contributed by atoms with Crippen LogP contribution in [-0.4, -0.2) is 17.1 Å². The number of nitrogens with one attached hydrogen (secondary N) is 1. The van der Waals surface area contributed by atoms with E-state index in [1.54, 1.807) is 6.07 Å². The largest absolute Gasteiger partial charge is 0.363 e. The van der Waals surface area contributed by atoms with Crippen LogP contribution >= 0.6 is 0 Å². The molecule has 3 N–H and O–H groups in total. The lowest BCUT2D eigenvalue weighted by atomic mass is 9.77. The smallest absolute Gasteiger partial charge is 0.141 e. The molecular formula is C10H14FN3. The van der Waals surface area contributed by atoms with Gasteiger partial charge in [-0.2, -0.15) is 0 Å². The molecule has 0 bridgehead atoms. The number of rotatable bonds is 3. The Labute approximate surface area is 82.5 Å². The van der Waals surface area contributed by atoms with Crippen molar-refractivity contribution in [3.05, 3.63) is 24.1 Å². The fraction of sp³-hybridized carbons (Fsp3) is 0.500. The van der Waals surface area contributed by atoms with Crippen LogP contribution in [0, 0.1) is 5.82 Å². The number of nitrogens with zero attached hydrogens (tertiary/aromatic N) is 1. The van der Waals surface area contributed by atoms with E-state index >= 15 is 0 Å². The van der Waals surface area contributed by atoms with Crippen LogP contribution in [0.1, 0.15) is 19.3 Å². The molecule has 1 fully saturated rings. The molecule has 0 amide bonds. The first-order valence-corrected chi connectivity index (χ1v) is 4.84. The summed E-state index contributed by atoms with van der Waals surface area (Å²) in [6.45, 7) is 0.603. The van der Waals surface area contributed by atoms with Gasteiger partial charge < -0.3 is 11.1 Å². The normalized spacial score (nSPS) is 18.7. The van der Waals surface area contributed by atoms with Gasteiger partial charge in [-0.3, -0.25) is 0 Å². The van der Waals surface area contributed by atoms with E-state index in [1.807, 2.05) is 0 Å². The average molecular weight is 195 g/mol. The van der Waals surface area contributed by atoms with Crippen LogP contribution in [0.5, 0.6) is 0 Å². The lowest BCUT2D eigenvalue weighted by molar-refractivity contribution is 0.286. The van der Waals surface area contributed by atoms with E-state index in [2.05, 4.69) is 10.3 Å². The van der Waals surface area contributed by atoms with Gasteiger partial charge in [0, 0.05) is 6.54 Å². The minimum Gasteiger partial charge on any atom is -0.363 e. The van der Waals surface area contributed by atoms with Gasteiger partial charge in [-0.25, -0.2) is 9.37 Å². The number of nitrogens with two attached hydrogens (primary N) is 1. The van der Waals surface area contributed by atoms with Crippen molar-refractivity contribution in [2.45, 2.75) is 24.8 Å². The van der Waals surface area contributed by atoms with Crippen LogP contribution in [0.2, 0.25) is 0 Å². The van der Waals surface area contributed by atoms with Gasteiger partial charge in [0.25, 0.3) is 0 Å². The highest BCUT2D eigenvalue weighted by atomic mass is 19.1. The van der Waals surface area contributed by atoms with Gasteiger partial charge in [0.2, 0.25) is 0 Å². The summed E-state index contributed by atoms with van der Waals surface area (Å²) in [4.78, 5) is 3.95. The number of hydrogen-bond donors (Lipinski definition) is 2. The molecule has 76 valence electrons. The predicted molar refractivity (Wildman–Crippen MR) is 53.5 cm³/mol. The Morgan fingerprint density at radius 2 is 2.29 bits per heavy atom. The Hall–Kier alpha value is -1.16. The average Bonchev–Trinajstić information content (AvgIpc) is 2.15. The minimum atomic E-state index is -0.314. The molecule has 3 nitrogen and oxygen atoms in total. The quantitative estimate of drug-likeness (QED) is 0.768. The van der Waals surface area contributed by atoms with Crippen LogP contribution in [0.15, 0.2) is 18.3 Å². The van der Waals surface area contributed by atoms with Crippen LogP contribution < -0.4 is 11.1 Å². The van der Waals surface area contributed by atoms with E-state index in [1.165, 1.54) is 18.7 Å². The Kier molecular flexibility index (Phi) is 2.37. The maximum Gasteiger partial charge on any atom is 0.141 e. The third-order valence-electron chi connectivity index (χ3n) is 2.82. The van der Waals surface area contributed by atoms with Gasteiger partial charge in [0.05, 0.1) is 11.7 Å². The molecule has 14 heavy (non-hydrogen) atoms. The van der Waals surface area contributed by atoms with Crippen molar-refractivity contribution in [2.24, 2.45) is 5.73 Å². The molecule has 0 atom stereocenters.